The summed E-state index contributed by atoms with van der Waals surface area (Å²) in [5.74, 6) is -0.151. The Morgan fingerprint density at radius 3 is 2.79 bits per heavy atom. The molecule has 0 amide bonds. The number of hydrogen-bond donors (Lipinski definition) is 0. The first-order valence-electron chi connectivity index (χ1n) is 4.80. The molecular weight excluding hydrogens is 196 g/mol. The van der Waals surface area contributed by atoms with Crippen molar-refractivity contribution < 1.29 is 9.53 Å². The van der Waals surface area contributed by atoms with Crippen LogP contribution in [0.5, 0.6) is 0 Å². The topological polar surface area (TPSA) is 26.3 Å². The first-order chi connectivity index (χ1) is 6.69. The highest BCUT2D eigenvalue weighted by Gasteiger charge is 2.17. The molecule has 1 aliphatic carbocycles. The van der Waals surface area contributed by atoms with Crippen LogP contribution in [-0.4, -0.2) is 18.8 Å². The van der Waals surface area contributed by atoms with Gasteiger partial charge in [-0.1, -0.05) is 0 Å². The minimum absolute atomic E-state index is 0.151. The largest absolute Gasteiger partial charge is 0.463 e. The second-order valence-corrected chi connectivity index (χ2v) is 4.13. The number of esters is 1. The first-order valence-corrected chi connectivity index (χ1v) is 6.03. The summed E-state index contributed by atoms with van der Waals surface area (Å²) in [5.41, 5.74) is 1.89. The summed E-state index contributed by atoms with van der Waals surface area (Å²) in [7, 11) is 0. The van der Waals surface area contributed by atoms with Gasteiger partial charge in [0.25, 0.3) is 0 Å². The maximum Gasteiger partial charge on any atom is 0.334 e. The predicted octanol–water partition coefficient (Wildman–Crippen LogP) is 2.91. The third kappa shape index (κ3) is 2.64. The Kier molecular flexibility index (Phi) is 4.26. The average Bonchev–Trinajstić information content (AvgIpc) is 2.17. The summed E-state index contributed by atoms with van der Waals surface area (Å²) in [4.78, 5) is 12.8. The standard InChI is InChI=1S/C11H16O2S/c1-4-13-11(12)10-6-5-9(14-3)7-8(10)2/h7H,4-6H2,1-3H3. The number of carbonyl (C=O) groups is 1. The van der Waals surface area contributed by atoms with Crippen molar-refractivity contribution in [1.29, 1.82) is 0 Å². The zero-order valence-corrected chi connectivity index (χ0v) is 9.74. The van der Waals surface area contributed by atoms with Crippen LogP contribution in [0.15, 0.2) is 22.1 Å². The van der Waals surface area contributed by atoms with Gasteiger partial charge in [0.2, 0.25) is 0 Å². The third-order valence-electron chi connectivity index (χ3n) is 2.26. The van der Waals surface area contributed by atoms with E-state index in [0.717, 1.165) is 24.0 Å². The van der Waals surface area contributed by atoms with E-state index in [9.17, 15) is 4.79 Å². The van der Waals surface area contributed by atoms with Crippen molar-refractivity contribution in [3.05, 3.63) is 22.1 Å². The molecule has 1 aliphatic rings. The molecule has 0 saturated carbocycles. The molecule has 0 N–H and O–H groups in total. The van der Waals surface area contributed by atoms with Crippen LogP contribution >= 0.6 is 11.8 Å². The van der Waals surface area contributed by atoms with Crippen LogP contribution in [0.1, 0.15) is 26.7 Å². The van der Waals surface area contributed by atoms with E-state index in [1.165, 1.54) is 4.91 Å². The van der Waals surface area contributed by atoms with Gasteiger partial charge in [0.1, 0.15) is 0 Å². The lowest BCUT2D eigenvalue weighted by molar-refractivity contribution is -0.138. The number of ether oxygens (including phenoxy) is 1. The molecule has 0 radical (unpaired) electrons. The molecule has 0 unspecified atom stereocenters. The summed E-state index contributed by atoms with van der Waals surface area (Å²) < 4.78 is 4.99. The molecular formula is C11H16O2S. The van der Waals surface area contributed by atoms with E-state index in [1.807, 2.05) is 13.8 Å². The van der Waals surface area contributed by atoms with Crippen LogP contribution in [0, 0.1) is 0 Å². The van der Waals surface area contributed by atoms with Crippen molar-refractivity contribution >= 4 is 17.7 Å². The highest BCUT2D eigenvalue weighted by molar-refractivity contribution is 8.02. The van der Waals surface area contributed by atoms with E-state index in [-0.39, 0.29) is 5.97 Å². The molecule has 0 atom stereocenters. The summed E-state index contributed by atoms with van der Waals surface area (Å²) in [5, 5.41) is 0. The summed E-state index contributed by atoms with van der Waals surface area (Å²) in [6, 6.07) is 0. The number of allylic oxidation sites excluding steroid dienone is 3. The molecule has 0 saturated heterocycles. The Labute approximate surface area is 89.4 Å². The number of rotatable bonds is 3. The van der Waals surface area contributed by atoms with Crippen LogP contribution in [0.25, 0.3) is 0 Å². The van der Waals surface area contributed by atoms with Gasteiger partial charge in [-0.05, 0) is 49.5 Å². The molecule has 0 bridgehead atoms. The van der Waals surface area contributed by atoms with Crippen LogP contribution in [0.4, 0.5) is 0 Å². The Balaban J connectivity index is 2.79. The van der Waals surface area contributed by atoms with Gasteiger partial charge in [-0.3, -0.25) is 0 Å². The highest BCUT2D eigenvalue weighted by Crippen LogP contribution is 2.29. The van der Waals surface area contributed by atoms with Gasteiger partial charge in [-0.25, -0.2) is 4.79 Å². The third-order valence-corrected chi connectivity index (χ3v) is 3.11. The summed E-state index contributed by atoms with van der Waals surface area (Å²) in [6.07, 6.45) is 5.93. The van der Waals surface area contributed by atoms with Crippen molar-refractivity contribution in [3.63, 3.8) is 0 Å². The molecule has 1 rings (SSSR count). The van der Waals surface area contributed by atoms with Crippen molar-refractivity contribution in [2.24, 2.45) is 0 Å². The zero-order valence-electron chi connectivity index (χ0n) is 8.92. The first kappa shape index (κ1) is 11.4. The molecule has 0 aromatic carbocycles. The Morgan fingerprint density at radius 2 is 2.29 bits per heavy atom. The fourth-order valence-corrected chi connectivity index (χ4v) is 2.09. The maximum absolute atomic E-state index is 11.5. The fraction of sp³-hybridized carbons (Fsp3) is 0.545. The van der Waals surface area contributed by atoms with Gasteiger partial charge in [-0.2, -0.15) is 0 Å². The van der Waals surface area contributed by atoms with Gasteiger partial charge in [0.05, 0.1) is 6.61 Å². The van der Waals surface area contributed by atoms with E-state index in [4.69, 9.17) is 4.74 Å². The van der Waals surface area contributed by atoms with Crippen LogP contribution in [0.3, 0.4) is 0 Å². The zero-order chi connectivity index (χ0) is 10.6. The van der Waals surface area contributed by atoms with E-state index >= 15 is 0 Å². The molecule has 0 fully saturated rings. The molecule has 0 aromatic rings. The van der Waals surface area contributed by atoms with Gasteiger partial charge >= 0.3 is 5.97 Å². The molecule has 14 heavy (non-hydrogen) atoms. The Bertz CT molecular complexity index is 290. The lowest BCUT2D eigenvalue weighted by Gasteiger charge is -2.15. The van der Waals surface area contributed by atoms with Gasteiger partial charge < -0.3 is 4.74 Å². The van der Waals surface area contributed by atoms with Crippen molar-refractivity contribution in [1.82, 2.24) is 0 Å². The molecule has 78 valence electrons. The SMILES string of the molecule is CCOC(=O)C1=C(C)C=C(SC)CC1. The fourth-order valence-electron chi connectivity index (χ4n) is 1.49. The smallest absolute Gasteiger partial charge is 0.334 e. The van der Waals surface area contributed by atoms with Crippen molar-refractivity contribution in [2.75, 3.05) is 12.9 Å². The normalized spacial score (nSPS) is 16.6. The van der Waals surface area contributed by atoms with E-state index in [2.05, 4.69) is 12.3 Å². The Morgan fingerprint density at radius 1 is 1.57 bits per heavy atom. The number of carbonyl (C=O) groups excluding carboxylic acids is 1. The van der Waals surface area contributed by atoms with Crippen molar-refractivity contribution in [2.45, 2.75) is 26.7 Å². The van der Waals surface area contributed by atoms with E-state index in [0.29, 0.717) is 6.61 Å². The Hall–Kier alpha value is -0.700. The van der Waals surface area contributed by atoms with Crippen LogP contribution < -0.4 is 0 Å². The molecule has 0 spiro atoms. The van der Waals surface area contributed by atoms with Crippen LogP contribution in [0.2, 0.25) is 0 Å². The maximum atomic E-state index is 11.5. The lowest BCUT2D eigenvalue weighted by Crippen LogP contribution is -2.11. The summed E-state index contributed by atoms with van der Waals surface area (Å²) >= 11 is 1.75. The lowest BCUT2D eigenvalue weighted by atomic mass is 9.99. The minimum atomic E-state index is -0.151. The predicted molar refractivity (Wildman–Crippen MR) is 60.2 cm³/mol. The van der Waals surface area contributed by atoms with E-state index in [1.54, 1.807) is 11.8 Å². The second kappa shape index (κ2) is 5.25. The van der Waals surface area contributed by atoms with E-state index < -0.39 is 0 Å². The monoisotopic (exact) mass is 212 g/mol. The molecule has 3 heteroatoms. The molecule has 0 aromatic heterocycles. The molecule has 0 heterocycles. The minimum Gasteiger partial charge on any atom is -0.463 e. The molecule has 2 nitrogen and oxygen atoms in total. The van der Waals surface area contributed by atoms with Gasteiger partial charge in [0, 0.05) is 5.57 Å². The summed E-state index contributed by atoms with van der Waals surface area (Å²) in [6.45, 7) is 4.26. The van der Waals surface area contributed by atoms with Crippen molar-refractivity contribution in [3.8, 4) is 0 Å². The highest BCUT2D eigenvalue weighted by atomic mass is 32.2. The van der Waals surface area contributed by atoms with Gasteiger partial charge in [-0.15, -0.1) is 11.8 Å². The van der Waals surface area contributed by atoms with Crippen LogP contribution in [-0.2, 0) is 9.53 Å². The quantitative estimate of drug-likeness (QED) is 0.673. The number of hydrogen-bond acceptors (Lipinski definition) is 3. The second-order valence-electron chi connectivity index (χ2n) is 3.20. The van der Waals surface area contributed by atoms with Gasteiger partial charge in [0.15, 0.2) is 0 Å². The number of thioether (sulfide) groups is 1. The molecule has 0 aliphatic heterocycles. The average molecular weight is 212 g/mol.